The highest BCUT2D eigenvalue weighted by Gasteiger charge is 2.12. The molecule has 6 heteroatoms. The molecule has 192 valence electrons. The largest absolute Gasteiger partial charge is 0.493 e. The Labute approximate surface area is 222 Å². The minimum Gasteiger partial charge on any atom is -0.493 e. The molecule has 4 aromatic carbocycles. The van der Waals surface area contributed by atoms with Crippen molar-refractivity contribution in [1.29, 1.82) is 0 Å². The Hall–Kier alpha value is -4.58. The molecular formula is C32H31N3O3. The molecule has 38 heavy (non-hydrogen) atoms. The van der Waals surface area contributed by atoms with Gasteiger partial charge in [-0.1, -0.05) is 78.9 Å². The number of hydrogen-bond acceptors (Lipinski definition) is 4. The van der Waals surface area contributed by atoms with E-state index in [0.29, 0.717) is 44.0 Å². The summed E-state index contributed by atoms with van der Waals surface area (Å²) in [5.41, 5.74) is 5.28. The molecule has 5 rings (SSSR count). The lowest BCUT2D eigenvalue weighted by Gasteiger charge is -2.13. The second-order valence-electron chi connectivity index (χ2n) is 9.01. The van der Waals surface area contributed by atoms with Gasteiger partial charge in [-0.3, -0.25) is 4.79 Å². The van der Waals surface area contributed by atoms with Crippen molar-refractivity contribution in [3.8, 4) is 22.6 Å². The molecule has 0 saturated carbocycles. The molecule has 0 saturated heterocycles. The first kappa shape index (κ1) is 25.1. The standard InChI is InChI=1S/C32H31N3O3/c1-37-29-13-7-8-14-30(29)38-22-21-35-28-12-6-5-11-27(28)34-31(35)19-20-33-32(36)23-24-15-17-26(18-16-24)25-9-3-2-4-10-25/h2-18H,19-23H2,1H3,(H,33,36). The number of methoxy groups -OCH3 is 1. The lowest BCUT2D eigenvalue weighted by Crippen LogP contribution is -2.28. The van der Waals surface area contributed by atoms with E-state index in [1.54, 1.807) is 7.11 Å². The van der Waals surface area contributed by atoms with Crippen molar-refractivity contribution in [3.63, 3.8) is 0 Å². The molecule has 1 heterocycles. The first-order chi connectivity index (χ1) is 18.7. The second-order valence-corrected chi connectivity index (χ2v) is 9.01. The number of nitrogens with one attached hydrogen (secondary N) is 1. The average molecular weight is 506 g/mol. The molecule has 0 aliphatic carbocycles. The van der Waals surface area contributed by atoms with Crippen LogP contribution >= 0.6 is 0 Å². The Morgan fingerprint density at radius 1 is 0.816 bits per heavy atom. The number of ether oxygens (including phenoxy) is 2. The van der Waals surface area contributed by atoms with Gasteiger partial charge in [-0.15, -0.1) is 0 Å². The zero-order valence-corrected chi connectivity index (χ0v) is 21.5. The maximum absolute atomic E-state index is 12.6. The van der Waals surface area contributed by atoms with Crippen LogP contribution in [0.1, 0.15) is 11.4 Å². The topological polar surface area (TPSA) is 65.4 Å². The molecule has 0 atom stereocenters. The molecule has 0 radical (unpaired) electrons. The van der Waals surface area contributed by atoms with Crippen LogP contribution in [0, 0.1) is 0 Å². The van der Waals surface area contributed by atoms with Crippen LogP contribution in [0.2, 0.25) is 0 Å². The number of nitrogens with zero attached hydrogens (tertiary/aromatic N) is 2. The number of benzene rings is 4. The van der Waals surface area contributed by atoms with Gasteiger partial charge in [-0.25, -0.2) is 4.98 Å². The number of carbonyl (C=O) groups excluding carboxylic acids is 1. The number of para-hydroxylation sites is 4. The number of aromatic nitrogens is 2. The summed E-state index contributed by atoms with van der Waals surface area (Å²) in [5.74, 6) is 2.34. The predicted molar refractivity (Wildman–Crippen MR) is 151 cm³/mol. The first-order valence-electron chi connectivity index (χ1n) is 12.8. The van der Waals surface area contributed by atoms with E-state index in [2.05, 4.69) is 40.2 Å². The summed E-state index contributed by atoms with van der Waals surface area (Å²) < 4.78 is 13.6. The van der Waals surface area contributed by atoms with Crippen molar-refractivity contribution >= 4 is 16.9 Å². The third kappa shape index (κ3) is 6.03. The minimum absolute atomic E-state index is 0.000344. The molecule has 0 fully saturated rings. The number of carbonyl (C=O) groups is 1. The van der Waals surface area contributed by atoms with Crippen LogP contribution in [0.4, 0.5) is 0 Å². The highest BCUT2D eigenvalue weighted by atomic mass is 16.5. The van der Waals surface area contributed by atoms with Crippen LogP contribution in [-0.4, -0.2) is 35.7 Å². The van der Waals surface area contributed by atoms with E-state index < -0.39 is 0 Å². The molecule has 1 amide bonds. The molecule has 1 aromatic heterocycles. The van der Waals surface area contributed by atoms with Gasteiger partial charge in [0.1, 0.15) is 12.4 Å². The molecule has 5 aromatic rings. The molecule has 0 aliphatic rings. The summed E-state index contributed by atoms with van der Waals surface area (Å²) in [5, 5.41) is 3.05. The van der Waals surface area contributed by atoms with Gasteiger partial charge in [0.25, 0.3) is 0 Å². The van der Waals surface area contributed by atoms with Crippen LogP contribution in [0.5, 0.6) is 11.5 Å². The Morgan fingerprint density at radius 3 is 2.29 bits per heavy atom. The molecule has 1 N–H and O–H groups in total. The Kier molecular flexibility index (Phi) is 7.99. The summed E-state index contributed by atoms with van der Waals surface area (Å²) >= 11 is 0. The van der Waals surface area contributed by atoms with Gasteiger partial charge in [0.15, 0.2) is 11.5 Å². The summed E-state index contributed by atoms with van der Waals surface area (Å²) in [6.45, 7) is 1.62. The SMILES string of the molecule is COc1ccccc1OCCn1c(CCNC(=O)Cc2ccc(-c3ccccc3)cc2)nc2ccccc21. The van der Waals surface area contributed by atoms with E-state index in [1.165, 1.54) is 5.56 Å². The van der Waals surface area contributed by atoms with Crippen LogP contribution in [0.25, 0.3) is 22.2 Å². The number of imidazole rings is 1. The van der Waals surface area contributed by atoms with Gasteiger partial charge in [0.05, 0.1) is 31.1 Å². The fourth-order valence-electron chi connectivity index (χ4n) is 4.56. The van der Waals surface area contributed by atoms with E-state index in [-0.39, 0.29) is 5.91 Å². The minimum atomic E-state index is -0.000344. The number of fused-ring (bicyclic) bond motifs is 1. The van der Waals surface area contributed by atoms with Gasteiger partial charge in [-0.05, 0) is 41.0 Å². The van der Waals surface area contributed by atoms with E-state index >= 15 is 0 Å². The Bertz CT molecular complexity index is 1490. The Morgan fingerprint density at radius 2 is 1.50 bits per heavy atom. The monoisotopic (exact) mass is 505 g/mol. The van der Waals surface area contributed by atoms with Gasteiger partial charge >= 0.3 is 0 Å². The zero-order chi connectivity index (χ0) is 26.2. The van der Waals surface area contributed by atoms with Gasteiger partial charge < -0.3 is 19.4 Å². The van der Waals surface area contributed by atoms with Crippen molar-refractivity contribution in [1.82, 2.24) is 14.9 Å². The molecule has 0 spiro atoms. The fraction of sp³-hybridized carbons (Fsp3) is 0.188. The quantitative estimate of drug-likeness (QED) is 0.250. The van der Waals surface area contributed by atoms with E-state index in [1.807, 2.05) is 72.8 Å². The molecule has 0 unspecified atom stereocenters. The van der Waals surface area contributed by atoms with E-state index in [0.717, 1.165) is 28.0 Å². The van der Waals surface area contributed by atoms with Crippen molar-refractivity contribution in [3.05, 3.63) is 115 Å². The first-order valence-corrected chi connectivity index (χ1v) is 12.8. The van der Waals surface area contributed by atoms with Gasteiger partial charge in [0.2, 0.25) is 5.91 Å². The number of rotatable bonds is 11. The van der Waals surface area contributed by atoms with Crippen LogP contribution < -0.4 is 14.8 Å². The van der Waals surface area contributed by atoms with Crippen molar-refractivity contribution < 1.29 is 14.3 Å². The maximum atomic E-state index is 12.6. The third-order valence-corrected chi connectivity index (χ3v) is 6.47. The smallest absolute Gasteiger partial charge is 0.224 e. The fourth-order valence-corrected chi connectivity index (χ4v) is 4.56. The predicted octanol–water partition coefficient (Wildman–Crippen LogP) is 5.69. The van der Waals surface area contributed by atoms with E-state index in [9.17, 15) is 4.79 Å². The number of amides is 1. The molecular weight excluding hydrogens is 474 g/mol. The lowest BCUT2D eigenvalue weighted by molar-refractivity contribution is -0.120. The van der Waals surface area contributed by atoms with Crippen LogP contribution in [0.15, 0.2) is 103 Å². The zero-order valence-electron chi connectivity index (χ0n) is 21.5. The summed E-state index contributed by atoms with van der Waals surface area (Å²) in [4.78, 5) is 17.5. The van der Waals surface area contributed by atoms with Crippen molar-refractivity contribution in [2.75, 3.05) is 20.3 Å². The molecule has 0 aliphatic heterocycles. The van der Waals surface area contributed by atoms with Crippen molar-refractivity contribution in [2.24, 2.45) is 0 Å². The molecule has 6 nitrogen and oxygen atoms in total. The highest BCUT2D eigenvalue weighted by Crippen LogP contribution is 2.26. The lowest BCUT2D eigenvalue weighted by atomic mass is 10.0. The second kappa shape index (κ2) is 12.1. The summed E-state index contributed by atoms with van der Waals surface area (Å²) in [6, 6.07) is 34.1. The summed E-state index contributed by atoms with van der Waals surface area (Å²) in [6.07, 6.45) is 0.972. The van der Waals surface area contributed by atoms with Crippen LogP contribution in [0.3, 0.4) is 0 Å². The third-order valence-electron chi connectivity index (χ3n) is 6.47. The normalized spacial score (nSPS) is 10.9. The summed E-state index contributed by atoms with van der Waals surface area (Å²) in [7, 11) is 1.64. The average Bonchev–Trinajstić information content (AvgIpc) is 3.31. The van der Waals surface area contributed by atoms with E-state index in [4.69, 9.17) is 14.5 Å². The van der Waals surface area contributed by atoms with Gasteiger partial charge in [0, 0.05) is 13.0 Å². The maximum Gasteiger partial charge on any atom is 0.224 e. The number of hydrogen-bond donors (Lipinski definition) is 1. The van der Waals surface area contributed by atoms with Crippen molar-refractivity contribution in [2.45, 2.75) is 19.4 Å². The highest BCUT2D eigenvalue weighted by molar-refractivity contribution is 5.79. The Balaban J connectivity index is 1.18. The van der Waals surface area contributed by atoms with Crippen LogP contribution in [-0.2, 0) is 24.2 Å². The van der Waals surface area contributed by atoms with Gasteiger partial charge in [-0.2, -0.15) is 0 Å². The molecule has 0 bridgehead atoms.